The minimum atomic E-state index is -0.440. The normalized spacial score (nSPS) is 12.0. The van der Waals surface area contributed by atoms with Crippen molar-refractivity contribution in [1.82, 2.24) is 10.2 Å². The van der Waals surface area contributed by atoms with Gasteiger partial charge in [0.25, 0.3) is 0 Å². The fraction of sp³-hybridized carbons (Fsp3) is 0.583. The molecule has 0 aliphatic heterocycles. The first-order valence-electron chi connectivity index (χ1n) is 5.23. The summed E-state index contributed by atoms with van der Waals surface area (Å²) in [6.07, 6.45) is 0. The van der Waals surface area contributed by atoms with Crippen LogP contribution in [-0.4, -0.2) is 49.4 Å². The van der Waals surface area contributed by atoms with Crippen molar-refractivity contribution in [2.45, 2.75) is 19.9 Å². The van der Waals surface area contributed by atoms with E-state index in [1.165, 1.54) is 19.1 Å². The van der Waals surface area contributed by atoms with Gasteiger partial charge in [0.2, 0.25) is 5.91 Å². The van der Waals surface area contributed by atoms with Crippen molar-refractivity contribution in [1.29, 1.82) is 0 Å². The molecule has 2 atom stereocenters. The molecule has 109 valence electrons. The van der Waals surface area contributed by atoms with Gasteiger partial charge in [0, 0.05) is 45.8 Å². The van der Waals surface area contributed by atoms with E-state index in [4.69, 9.17) is 0 Å². The van der Waals surface area contributed by atoms with E-state index in [1.807, 2.05) is 0 Å². The van der Waals surface area contributed by atoms with Crippen molar-refractivity contribution in [2.75, 3.05) is 20.7 Å². The van der Waals surface area contributed by atoms with Gasteiger partial charge in [-0.05, 0) is 13.8 Å². The van der Waals surface area contributed by atoms with E-state index >= 15 is 0 Å². The molecule has 6 nitrogen and oxygen atoms in total. The zero-order chi connectivity index (χ0) is 13.6. The predicted molar refractivity (Wildman–Crippen MR) is 68.2 cm³/mol. The van der Waals surface area contributed by atoms with Gasteiger partial charge in [-0.1, -0.05) is 0 Å². The summed E-state index contributed by atoms with van der Waals surface area (Å²) in [5.41, 5.74) is 0. The molecule has 0 saturated carbocycles. The molecule has 0 aliphatic rings. The third-order valence-corrected chi connectivity index (χ3v) is 2.52. The van der Waals surface area contributed by atoms with Crippen LogP contribution in [0.2, 0.25) is 0 Å². The van der Waals surface area contributed by atoms with Gasteiger partial charge in [-0.3, -0.25) is 9.59 Å². The van der Waals surface area contributed by atoms with Crippen LogP contribution >= 0.6 is 0 Å². The van der Waals surface area contributed by atoms with Gasteiger partial charge >= 0.3 is 5.97 Å². The fourth-order valence-corrected chi connectivity index (χ4v) is 1.12. The van der Waals surface area contributed by atoms with Crippen molar-refractivity contribution in [3.8, 4) is 0 Å². The molecular formula is C12H22N2O4Y-2. The molecule has 0 heterocycles. The van der Waals surface area contributed by atoms with Crippen LogP contribution in [0.25, 0.3) is 0 Å². The Morgan fingerprint density at radius 1 is 1.32 bits per heavy atom. The number of nitrogens with zero attached hydrogens (tertiary/aromatic N) is 1. The molecule has 7 heteroatoms. The Kier molecular flexibility index (Phi) is 13.9. The van der Waals surface area contributed by atoms with Gasteiger partial charge in [0.15, 0.2) is 0 Å². The number of methoxy groups -OCH3 is 1. The maximum atomic E-state index is 11.5. The zero-order valence-corrected chi connectivity index (χ0v) is 15.1. The predicted octanol–water partition coefficient (Wildman–Crippen LogP) is 0.0405. The second kappa shape index (κ2) is 11.2. The van der Waals surface area contributed by atoms with E-state index in [0.29, 0.717) is 0 Å². The maximum absolute atomic E-state index is 11.5. The number of hydrogen-bond acceptors (Lipinski definition) is 4. The quantitative estimate of drug-likeness (QED) is 0.563. The first-order valence-corrected chi connectivity index (χ1v) is 5.23. The number of rotatable bonds is 5. The van der Waals surface area contributed by atoms with E-state index in [0.717, 1.165) is 0 Å². The molecule has 1 radical (unpaired) electrons. The van der Waals surface area contributed by atoms with Crippen molar-refractivity contribution >= 4 is 17.8 Å². The first-order chi connectivity index (χ1) is 7.79. The Labute approximate surface area is 140 Å². The number of esters is 1. The van der Waals surface area contributed by atoms with Gasteiger partial charge < -0.3 is 34.1 Å². The average molecular weight is 347 g/mol. The molecule has 2 amide bonds. The Bertz CT molecular complexity index is 310. The molecule has 0 bridgehead atoms. The van der Waals surface area contributed by atoms with E-state index in [1.54, 1.807) is 13.8 Å². The summed E-state index contributed by atoms with van der Waals surface area (Å²) in [5, 5.41) is 2.62. The molecule has 0 aromatic rings. The van der Waals surface area contributed by atoms with Gasteiger partial charge in [-0.15, -0.1) is 0 Å². The van der Waals surface area contributed by atoms with E-state index in [2.05, 4.69) is 17.0 Å². The third kappa shape index (κ3) is 9.00. The maximum Gasteiger partial charge on any atom is 0.310 e. The van der Waals surface area contributed by atoms with Crippen molar-refractivity contribution < 1.29 is 51.8 Å². The van der Waals surface area contributed by atoms with Crippen LogP contribution in [-0.2, 0) is 51.8 Å². The van der Waals surface area contributed by atoms with Crippen molar-refractivity contribution in [2.24, 2.45) is 5.92 Å². The molecule has 2 unspecified atom stereocenters. The molecule has 0 aliphatic carbocycles. The molecule has 0 saturated heterocycles. The third-order valence-electron chi connectivity index (χ3n) is 2.52. The molecule has 0 spiro atoms. The number of hydrogen-bond donors (Lipinski definition) is 1. The van der Waals surface area contributed by atoms with Crippen LogP contribution in [0.1, 0.15) is 13.8 Å². The molecule has 0 rings (SSSR count). The van der Waals surface area contributed by atoms with Crippen LogP contribution < -0.4 is 5.32 Å². The molecular weight excluding hydrogens is 325 g/mol. The second-order valence-corrected chi connectivity index (χ2v) is 3.92. The number of nitrogens with one attached hydrogen (secondary N) is 1. The van der Waals surface area contributed by atoms with Crippen LogP contribution in [0.4, 0.5) is 0 Å². The molecule has 19 heavy (non-hydrogen) atoms. The fourth-order valence-electron chi connectivity index (χ4n) is 1.12. The Morgan fingerprint density at radius 2 is 1.79 bits per heavy atom. The van der Waals surface area contributed by atoms with Crippen LogP contribution in [0.15, 0.2) is 0 Å². The van der Waals surface area contributed by atoms with Crippen LogP contribution in [0.3, 0.4) is 0 Å². The standard InChI is InChI=1S/C11H19N2O4.CH3.Y/c1-7(11(16)17-5)8(2)12-10(15)6-13(4)9(3)14;;/h7-8H,3,6H2,1-2,4-5H3,(H,12,15);1H3;/q2*-1;. The molecule has 1 N–H and O–H groups in total. The number of carbonyl (C=O) groups is 3. The minimum absolute atomic E-state index is 0. The second-order valence-electron chi connectivity index (χ2n) is 3.92. The smallest absolute Gasteiger partial charge is 0.310 e. The Morgan fingerprint density at radius 3 is 2.16 bits per heavy atom. The number of ether oxygens (including phenoxy) is 1. The van der Waals surface area contributed by atoms with E-state index in [9.17, 15) is 14.4 Å². The SMILES string of the molecule is [CH2-]C(=O)N(C)CC(=O)NC(C)C(C)C(=O)OC.[CH3-].[Y]. The topological polar surface area (TPSA) is 75.7 Å². The average Bonchev–Trinajstić information content (AvgIpc) is 2.26. The number of carbonyl (C=O) groups excluding carboxylic acids is 3. The summed E-state index contributed by atoms with van der Waals surface area (Å²) in [6, 6.07) is -0.358. The van der Waals surface area contributed by atoms with Gasteiger partial charge in [0.1, 0.15) is 0 Å². The molecule has 0 aromatic heterocycles. The first kappa shape index (κ1) is 23.5. The van der Waals surface area contributed by atoms with E-state index in [-0.39, 0.29) is 64.6 Å². The summed E-state index contributed by atoms with van der Waals surface area (Å²) in [7, 11) is 2.77. The van der Waals surface area contributed by atoms with Gasteiger partial charge in [-0.2, -0.15) is 0 Å². The van der Waals surface area contributed by atoms with Gasteiger partial charge in [0.05, 0.1) is 25.5 Å². The summed E-state index contributed by atoms with van der Waals surface area (Å²) >= 11 is 0. The van der Waals surface area contributed by atoms with Crippen molar-refractivity contribution in [3.63, 3.8) is 0 Å². The zero-order valence-electron chi connectivity index (χ0n) is 12.2. The van der Waals surface area contributed by atoms with Crippen molar-refractivity contribution in [3.05, 3.63) is 14.4 Å². The largest absolute Gasteiger partial charge is 0.469 e. The van der Waals surface area contributed by atoms with E-state index < -0.39 is 11.8 Å². The Hall–Kier alpha value is -0.616. The number of amides is 2. The number of likely N-dealkylation sites (N-methyl/N-ethyl adjacent to an activating group) is 1. The molecule has 0 fully saturated rings. The summed E-state index contributed by atoms with van der Waals surface area (Å²) in [6.45, 7) is 6.46. The van der Waals surface area contributed by atoms with Crippen LogP contribution in [0, 0.1) is 20.3 Å². The van der Waals surface area contributed by atoms with Crippen LogP contribution in [0.5, 0.6) is 0 Å². The monoisotopic (exact) mass is 347 g/mol. The summed E-state index contributed by atoms with van der Waals surface area (Å²) < 4.78 is 4.57. The molecule has 0 aromatic carbocycles. The summed E-state index contributed by atoms with van der Waals surface area (Å²) in [4.78, 5) is 34.7. The Balaban J connectivity index is -0.00000128. The van der Waals surface area contributed by atoms with Gasteiger partial charge in [-0.25, -0.2) is 0 Å². The minimum Gasteiger partial charge on any atom is -0.469 e. The summed E-state index contributed by atoms with van der Waals surface area (Å²) in [5.74, 6) is -1.61.